The highest BCUT2D eigenvalue weighted by Gasteiger charge is 2.41. The third-order valence-electron chi connectivity index (χ3n) is 4.66. The van der Waals surface area contributed by atoms with Crippen molar-refractivity contribution < 1.29 is 27.4 Å². The Morgan fingerprint density at radius 3 is 2.48 bits per heavy atom. The van der Waals surface area contributed by atoms with Gasteiger partial charge >= 0.3 is 12.1 Å². The Hall–Kier alpha value is -2.35. The van der Waals surface area contributed by atoms with Gasteiger partial charge in [-0.25, -0.2) is 9.80 Å². The number of rotatable bonds is 8. The Bertz CT molecular complexity index is 788. The molecule has 0 aromatic heterocycles. The van der Waals surface area contributed by atoms with Gasteiger partial charge in [-0.1, -0.05) is 32.0 Å². The van der Waals surface area contributed by atoms with Crippen LogP contribution in [-0.4, -0.2) is 36.6 Å². The number of ether oxygens (including phenoxy) is 2. The summed E-state index contributed by atoms with van der Waals surface area (Å²) in [6, 6.07) is 5.30. The molecule has 5 nitrogen and oxygen atoms in total. The Kier molecular flexibility index (Phi) is 7.84. The third kappa shape index (κ3) is 5.18. The molecule has 29 heavy (non-hydrogen) atoms. The normalized spacial score (nSPS) is 17.4. The maximum absolute atomic E-state index is 13.7. The molecular weight excluding hydrogens is 385 g/mol. The molecule has 1 atom stereocenters. The van der Waals surface area contributed by atoms with E-state index in [9.17, 15) is 18.0 Å². The third-order valence-corrected chi connectivity index (χ3v) is 4.66. The van der Waals surface area contributed by atoms with Crippen molar-refractivity contribution in [3.63, 3.8) is 0 Å². The first-order chi connectivity index (χ1) is 13.8. The summed E-state index contributed by atoms with van der Waals surface area (Å²) in [6.07, 6.45) is -3.57. The van der Waals surface area contributed by atoms with Crippen LogP contribution in [0.3, 0.4) is 0 Å². The van der Waals surface area contributed by atoms with Gasteiger partial charge in [0.05, 0.1) is 29.4 Å². The van der Waals surface area contributed by atoms with Crippen LogP contribution in [0.15, 0.2) is 40.6 Å². The molecule has 1 aromatic rings. The summed E-state index contributed by atoms with van der Waals surface area (Å²) in [7, 11) is 0. The Morgan fingerprint density at radius 1 is 1.21 bits per heavy atom. The largest absolute Gasteiger partial charge is 0.462 e. The quantitative estimate of drug-likeness (QED) is 0.558. The SMILES string of the molecule is CCCOC(=O)C1=C(C)N(COCC)N=C(CC)C1c1ccccc1C(F)(F)F. The van der Waals surface area contributed by atoms with Crippen molar-refractivity contribution in [3.8, 4) is 0 Å². The zero-order valence-corrected chi connectivity index (χ0v) is 17.2. The summed E-state index contributed by atoms with van der Waals surface area (Å²) >= 11 is 0. The maximum Gasteiger partial charge on any atom is 0.416 e. The van der Waals surface area contributed by atoms with Gasteiger partial charge < -0.3 is 9.47 Å². The van der Waals surface area contributed by atoms with Crippen molar-refractivity contribution in [1.29, 1.82) is 0 Å². The molecule has 0 amide bonds. The van der Waals surface area contributed by atoms with Crippen molar-refractivity contribution in [3.05, 3.63) is 46.7 Å². The standard InChI is InChI=1S/C21H27F3N2O3/c1-5-12-29-20(27)18-14(4)26(13-28-7-3)25-17(6-2)19(18)15-10-8-9-11-16(15)21(22,23)24/h8-11,19H,5-7,12-13H2,1-4H3. The smallest absolute Gasteiger partial charge is 0.416 e. The molecule has 0 spiro atoms. The van der Waals surface area contributed by atoms with Crippen LogP contribution in [0.5, 0.6) is 0 Å². The number of hydrazone groups is 1. The predicted molar refractivity (Wildman–Crippen MR) is 104 cm³/mol. The summed E-state index contributed by atoms with van der Waals surface area (Å²) in [5, 5.41) is 6.02. The first-order valence-corrected chi connectivity index (χ1v) is 9.72. The van der Waals surface area contributed by atoms with Crippen LogP contribution in [0.1, 0.15) is 57.6 Å². The highest BCUT2D eigenvalue weighted by molar-refractivity contribution is 6.05. The van der Waals surface area contributed by atoms with Crippen LogP contribution in [0, 0.1) is 0 Å². The second-order valence-corrected chi connectivity index (χ2v) is 6.62. The van der Waals surface area contributed by atoms with Crippen molar-refractivity contribution in [2.24, 2.45) is 5.10 Å². The highest BCUT2D eigenvalue weighted by atomic mass is 19.4. The number of hydrogen-bond acceptors (Lipinski definition) is 5. The minimum absolute atomic E-state index is 0.000502. The van der Waals surface area contributed by atoms with Gasteiger partial charge in [-0.2, -0.15) is 18.3 Å². The monoisotopic (exact) mass is 412 g/mol. The topological polar surface area (TPSA) is 51.1 Å². The lowest BCUT2D eigenvalue weighted by atomic mass is 9.81. The minimum Gasteiger partial charge on any atom is -0.462 e. The van der Waals surface area contributed by atoms with E-state index >= 15 is 0 Å². The number of carbonyl (C=O) groups excluding carboxylic acids is 1. The zero-order chi connectivity index (χ0) is 21.6. The summed E-state index contributed by atoms with van der Waals surface area (Å²) < 4.78 is 51.8. The lowest BCUT2D eigenvalue weighted by molar-refractivity contribution is -0.141. The van der Waals surface area contributed by atoms with E-state index in [2.05, 4.69) is 5.10 Å². The molecule has 0 bridgehead atoms. The molecule has 1 unspecified atom stereocenters. The van der Waals surface area contributed by atoms with Crippen molar-refractivity contribution in [2.45, 2.75) is 52.6 Å². The Morgan fingerprint density at radius 2 is 1.90 bits per heavy atom. The maximum atomic E-state index is 13.7. The number of benzene rings is 1. The molecule has 160 valence electrons. The number of esters is 1. The summed E-state index contributed by atoms with van der Waals surface area (Å²) in [5.74, 6) is -1.56. The molecule has 0 saturated carbocycles. The molecule has 1 aliphatic rings. The molecule has 8 heteroatoms. The van der Waals surface area contributed by atoms with E-state index in [0.29, 0.717) is 30.9 Å². The summed E-state index contributed by atoms with van der Waals surface area (Å²) in [6.45, 7) is 7.86. The van der Waals surface area contributed by atoms with Gasteiger partial charge in [-0.05, 0) is 38.3 Å². The van der Waals surface area contributed by atoms with Gasteiger partial charge in [0.1, 0.15) is 6.73 Å². The molecule has 1 heterocycles. The van der Waals surface area contributed by atoms with E-state index in [1.54, 1.807) is 13.8 Å². The van der Waals surface area contributed by atoms with Crippen LogP contribution in [0.4, 0.5) is 13.2 Å². The van der Waals surface area contributed by atoms with Gasteiger partial charge in [-0.3, -0.25) is 0 Å². The molecule has 2 rings (SSSR count). The number of carbonyl (C=O) groups is 1. The van der Waals surface area contributed by atoms with E-state index < -0.39 is 23.6 Å². The minimum atomic E-state index is -4.55. The lowest BCUT2D eigenvalue weighted by Gasteiger charge is -2.34. The fourth-order valence-electron chi connectivity index (χ4n) is 3.26. The number of halogens is 3. The Labute approximate surface area is 169 Å². The van der Waals surface area contributed by atoms with Gasteiger partial charge in [0.15, 0.2) is 0 Å². The van der Waals surface area contributed by atoms with Crippen molar-refractivity contribution in [2.75, 3.05) is 19.9 Å². The first-order valence-electron chi connectivity index (χ1n) is 9.72. The van der Waals surface area contributed by atoms with Gasteiger partial charge in [0.2, 0.25) is 0 Å². The van der Waals surface area contributed by atoms with E-state index in [1.165, 1.54) is 23.2 Å². The highest BCUT2D eigenvalue weighted by Crippen LogP contribution is 2.42. The fraction of sp³-hybridized carbons (Fsp3) is 0.524. The first kappa shape index (κ1) is 22.9. The van der Waals surface area contributed by atoms with Crippen LogP contribution in [-0.2, 0) is 20.4 Å². The summed E-state index contributed by atoms with van der Waals surface area (Å²) in [5.41, 5.74) is 0.272. The number of allylic oxidation sites excluding steroid dienone is 1. The number of hydrogen-bond donors (Lipinski definition) is 0. The second kappa shape index (κ2) is 9.91. The van der Waals surface area contributed by atoms with Crippen molar-refractivity contribution in [1.82, 2.24) is 5.01 Å². The number of alkyl halides is 3. The molecule has 0 saturated heterocycles. The molecule has 0 aliphatic carbocycles. The fourth-order valence-corrected chi connectivity index (χ4v) is 3.26. The summed E-state index contributed by atoms with van der Waals surface area (Å²) in [4.78, 5) is 12.9. The lowest BCUT2D eigenvalue weighted by Crippen LogP contribution is -2.35. The second-order valence-electron chi connectivity index (χ2n) is 6.62. The van der Waals surface area contributed by atoms with Gasteiger partial charge in [-0.15, -0.1) is 0 Å². The average Bonchev–Trinajstić information content (AvgIpc) is 2.70. The van der Waals surface area contributed by atoms with Crippen LogP contribution in [0.25, 0.3) is 0 Å². The van der Waals surface area contributed by atoms with E-state index in [0.717, 1.165) is 6.07 Å². The van der Waals surface area contributed by atoms with Crippen LogP contribution < -0.4 is 0 Å². The number of nitrogens with zero attached hydrogens (tertiary/aromatic N) is 2. The Balaban J connectivity index is 2.65. The average molecular weight is 412 g/mol. The van der Waals surface area contributed by atoms with Gasteiger partial charge in [0, 0.05) is 12.3 Å². The van der Waals surface area contributed by atoms with Crippen LogP contribution >= 0.6 is 0 Å². The zero-order valence-electron chi connectivity index (χ0n) is 17.2. The molecular formula is C21H27F3N2O3. The van der Waals surface area contributed by atoms with Gasteiger partial charge in [0.25, 0.3) is 0 Å². The molecule has 1 aliphatic heterocycles. The molecule has 0 fully saturated rings. The van der Waals surface area contributed by atoms with Crippen LogP contribution in [0.2, 0.25) is 0 Å². The molecule has 0 N–H and O–H groups in total. The van der Waals surface area contributed by atoms with E-state index in [1.807, 2.05) is 13.8 Å². The molecule has 0 radical (unpaired) electrons. The molecule has 1 aromatic carbocycles. The predicted octanol–water partition coefficient (Wildman–Crippen LogP) is 5.09. The van der Waals surface area contributed by atoms with E-state index in [-0.39, 0.29) is 24.5 Å². The van der Waals surface area contributed by atoms with E-state index in [4.69, 9.17) is 9.47 Å². The van der Waals surface area contributed by atoms with Crippen molar-refractivity contribution >= 4 is 11.7 Å².